The Morgan fingerprint density at radius 1 is 0.609 bits per heavy atom. The van der Waals surface area contributed by atoms with Gasteiger partial charge < -0.3 is 10.6 Å². The van der Waals surface area contributed by atoms with Gasteiger partial charge in [-0.1, -0.05) is 91.0 Å². The Balaban J connectivity index is 1.26. The van der Waals surface area contributed by atoms with E-state index in [4.69, 9.17) is 4.98 Å². The number of benzene rings is 4. The minimum Gasteiger partial charge on any atom is -0.387 e. The summed E-state index contributed by atoms with van der Waals surface area (Å²) in [6, 6.07) is 39.7. The fraction of sp³-hybridized carbons (Fsp3) is 0.0488. The van der Waals surface area contributed by atoms with E-state index in [1.165, 1.54) is 53.5 Å². The van der Waals surface area contributed by atoms with Crippen molar-refractivity contribution in [2.45, 2.75) is 0 Å². The second kappa shape index (κ2) is 11.1. The number of fused-ring (bicyclic) bond motifs is 5. The summed E-state index contributed by atoms with van der Waals surface area (Å²) < 4.78 is 3.66. The Morgan fingerprint density at radius 2 is 1.35 bits per heavy atom. The van der Waals surface area contributed by atoms with Crippen molar-refractivity contribution in [3.05, 3.63) is 157 Å². The topological polar surface area (TPSA) is 41.9 Å². The molecule has 5 heterocycles. The van der Waals surface area contributed by atoms with E-state index >= 15 is 0 Å². The molecule has 0 spiro atoms. The molecule has 5 heteroatoms. The van der Waals surface area contributed by atoms with Crippen LogP contribution in [0.5, 0.6) is 0 Å². The number of para-hydroxylation sites is 1. The monoisotopic (exact) mass is 610 g/mol. The molecule has 0 aliphatic carbocycles. The third kappa shape index (κ3) is 4.56. The summed E-state index contributed by atoms with van der Waals surface area (Å²) in [5.74, 6) is 0.916. The van der Waals surface area contributed by atoms with E-state index in [9.17, 15) is 0 Å². The second-order valence-electron chi connectivity index (χ2n) is 11.7. The molecule has 2 aliphatic rings. The van der Waals surface area contributed by atoms with Crippen LogP contribution in [0.25, 0.3) is 70.4 Å². The first kappa shape index (κ1) is 26.7. The normalized spacial score (nSPS) is 14.3. The highest BCUT2D eigenvalue weighted by Crippen LogP contribution is 2.43. The number of hydrogen-bond acceptors (Lipinski definition) is 4. The van der Waals surface area contributed by atoms with E-state index in [0.29, 0.717) is 0 Å². The Labute approximate surface area is 271 Å². The first-order chi connectivity index (χ1) is 22.8. The van der Waals surface area contributed by atoms with Crippen molar-refractivity contribution < 1.29 is 0 Å². The quantitative estimate of drug-likeness (QED) is 0.204. The SMILES string of the molecule is C1=CC(c2ccc(-c3cc(C4=CCNC=C4)nc(-n4c5ccccc5c5c6sc(-c7ccccc7)cc6ccc54)c3)cc2)=CCN1. The molecular formula is C41H30N4S. The van der Waals surface area contributed by atoms with Crippen LogP contribution in [0.1, 0.15) is 11.3 Å². The molecular weight excluding hydrogens is 581 g/mol. The van der Waals surface area contributed by atoms with Gasteiger partial charge >= 0.3 is 0 Å². The van der Waals surface area contributed by atoms with Crippen LogP contribution in [0, 0.1) is 0 Å². The van der Waals surface area contributed by atoms with Crippen LogP contribution in [0.15, 0.2) is 146 Å². The fourth-order valence-corrected chi connectivity index (χ4v) is 7.87. The molecule has 0 fully saturated rings. The molecule has 0 unspecified atom stereocenters. The Morgan fingerprint density at radius 3 is 2.13 bits per heavy atom. The largest absolute Gasteiger partial charge is 0.387 e. The number of pyridine rings is 1. The number of aromatic nitrogens is 2. The van der Waals surface area contributed by atoms with Crippen molar-refractivity contribution in [1.29, 1.82) is 0 Å². The van der Waals surface area contributed by atoms with Crippen molar-refractivity contribution >= 4 is 54.4 Å². The maximum atomic E-state index is 5.34. The molecule has 0 atom stereocenters. The number of dihydropyridines is 2. The van der Waals surface area contributed by atoms with Crippen LogP contribution in [-0.4, -0.2) is 22.6 Å². The van der Waals surface area contributed by atoms with Crippen LogP contribution >= 0.6 is 11.3 Å². The van der Waals surface area contributed by atoms with Crippen molar-refractivity contribution in [2.24, 2.45) is 0 Å². The van der Waals surface area contributed by atoms with Gasteiger partial charge in [-0.3, -0.25) is 4.57 Å². The molecule has 0 radical (unpaired) electrons. The number of thiophene rings is 1. The third-order valence-corrected chi connectivity index (χ3v) is 10.1. The molecule has 0 bridgehead atoms. The lowest BCUT2D eigenvalue weighted by molar-refractivity contribution is 0.972. The lowest BCUT2D eigenvalue weighted by atomic mass is 9.98. The number of nitrogens with one attached hydrogen (secondary N) is 2. The number of hydrogen-bond donors (Lipinski definition) is 2. The minimum atomic E-state index is 0.786. The van der Waals surface area contributed by atoms with E-state index in [0.717, 1.165) is 41.3 Å². The smallest absolute Gasteiger partial charge is 0.138 e. The molecule has 4 nitrogen and oxygen atoms in total. The Kier molecular flexibility index (Phi) is 6.42. The highest BCUT2D eigenvalue weighted by Gasteiger charge is 2.19. The van der Waals surface area contributed by atoms with E-state index in [1.807, 2.05) is 23.7 Å². The lowest BCUT2D eigenvalue weighted by Gasteiger charge is -2.15. The van der Waals surface area contributed by atoms with Gasteiger partial charge in [-0.25, -0.2) is 4.98 Å². The molecule has 46 heavy (non-hydrogen) atoms. The lowest BCUT2D eigenvalue weighted by Crippen LogP contribution is -2.09. The van der Waals surface area contributed by atoms with Crippen LogP contribution < -0.4 is 10.6 Å². The van der Waals surface area contributed by atoms with Crippen molar-refractivity contribution in [3.63, 3.8) is 0 Å². The molecule has 4 aromatic carbocycles. The molecule has 220 valence electrons. The van der Waals surface area contributed by atoms with Crippen molar-refractivity contribution in [3.8, 4) is 27.4 Å². The number of allylic oxidation sites excluding steroid dienone is 4. The van der Waals surface area contributed by atoms with E-state index in [-0.39, 0.29) is 0 Å². The zero-order valence-electron chi connectivity index (χ0n) is 25.1. The Bertz CT molecular complexity index is 2400. The Hall–Kier alpha value is -5.65. The molecule has 7 aromatic rings. The fourth-order valence-electron chi connectivity index (χ4n) is 6.65. The maximum absolute atomic E-state index is 5.34. The molecule has 0 amide bonds. The molecule has 2 N–H and O–H groups in total. The summed E-state index contributed by atoms with van der Waals surface area (Å²) in [6.07, 6.45) is 12.7. The standard InChI is InChI=1S/C41H30N4S/c1-2-6-31(7-3-1)38-25-32-14-15-37-40(41(32)46-38)34-8-4-5-9-36(34)45(37)39-26-33(24-35(44-39)30-18-22-43-23-19-30)28-12-10-27(11-13-28)29-16-20-42-21-17-29/h1-20,22,24-26,42-43H,21,23H2. The van der Waals surface area contributed by atoms with Gasteiger partial charge in [0.05, 0.1) is 16.7 Å². The van der Waals surface area contributed by atoms with Crippen LogP contribution in [0.2, 0.25) is 0 Å². The van der Waals surface area contributed by atoms with Crippen LogP contribution in [0.3, 0.4) is 0 Å². The third-order valence-electron chi connectivity index (χ3n) is 8.91. The van der Waals surface area contributed by atoms with Gasteiger partial charge in [0.1, 0.15) is 5.82 Å². The highest BCUT2D eigenvalue weighted by atomic mass is 32.1. The van der Waals surface area contributed by atoms with Gasteiger partial charge in [-0.05, 0) is 93.7 Å². The molecule has 0 saturated carbocycles. The first-order valence-electron chi connectivity index (χ1n) is 15.7. The minimum absolute atomic E-state index is 0.786. The highest BCUT2D eigenvalue weighted by molar-refractivity contribution is 7.23. The molecule has 3 aromatic heterocycles. The molecule has 2 aliphatic heterocycles. The summed E-state index contributed by atoms with van der Waals surface area (Å²) in [7, 11) is 0. The first-order valence-corrected chi connectivity index (χ1v) is 16.5. The summed E-state index contributed by atoms with van der Waals surface area (Å²) in [4.78, 5) is 6.63. The zero-order chi connectivity index (χ0) is 30.5. The van der Waals surface area contributed by atoms with Gasteiger partial charge in [0.15, 0.2) is 0 Å². The van der Waals surface area contributed by atoms with E-state index < -0.39 is 0 Å². The van der Waals surface area contributed by atoms with Gasteiger partial charge in [0.2, 0.25) is 0 Å². The number of rotatable bonds is 5. The van der Waals surface area contributed by atoms with Crippen LogP contribution in [0.4, 0.5) is 0 Å². The predicted octanol–water partition coefficient (Wildman–Crippen LogP) is 9.73. The van der Waals surface area contributed by atoms with Gasteiger partial charge in [0, 0.05) is 33.4 Å². The zero-order valence-corrected chi connectivity index (χ0v) is 25.9. The van der Waals surface area contributed by atoms with Gasteiger partial charge in [-0.15, -0.1) is 11.3 Å². The number of nitrogens with zero attached hydrogens (tertiary/aromatic N) is 2. The molecule has 0 saturated heterocycles. The van der Waals surface area contributed by atoms with Crippen molar-refractivity contribution in [2.75, 3.05) is 13.1 Å². The summed E-state index contributed by atoms with van der Waals surface area (Å²) in [6.45, 7) is 1.64. The summed E-state index contributed by atoms with van der Waals surface area (Å²) in [5, 5.41) is 10.3. The second-order valence-corrected chi connectivity index (χ2v) is 12.7. The van der Waals surface area contributed by atoms with Gasteiger partial charge in [0.25, 0.3) is 0 Å². The summed E-state index contributed by atoms with van der Waals surface area (Å²) in [5.41, 5.74) is 10.4. The average molecular weight is 611 g/mol. The predicted molar refractivity (Wildman–Crippen MR) is 195 cm³/mol. The van der Waals surface area contributed by atoms with E-state index in [1.54, 1.807) is 0 Å². The average Bonchev–Trinajstić information content (AvgIpc) is 3.72. The molecule has 9 rings (SSSR count). The van der Waals surface area contributed by atoms with Crippen molar-refractivity contribution in [1.82, 2.24) is 20.2 Å². The summed E-state index contributed by atoms with van der Waals surface area (Å²) >= 11 is 1.87. The van der Waals surface area contributed by atoms with Crippen LogP contribution in [-0.2, 0) is 0 Å². The van der Waals surface area contributed by atoms with E-state index in [2.05, 4.69) is 149 Å². The maximum Gasteiger partial charge on any atom is 0.138 e. The van der Waals surface area contributed by atoms with Gasteiger partial charge in [-0.2, -0.15) is 0 Å².